The highest BCUT2D eigenvalue weighted by atomic mass is 19.4. The molecule has 0 heterocycles. The molecule has 5 heteroatoms. The van der Waals surface area contributed by atoms with Gasteiger partial charge in [-0.25, -0.2) is 0 Å². The number of alkyl halides is 3. The van der Waals surface area contributed by atoms with Crippen molar-refractivity contribution in [2.24, 2.45) is 11.7 Å². The fourth-order valence-electron chi connectivity index (χ4n) is 1.77. The molecule has 102 valence electrons. The normalized spacial score (nSPS) is 15.6. The van der Waals surface area contributed by atoms with E-state index in [1.165, 1.54) is 12.1 Å². The number of ether oxygens (including phenoxy) is 1. The van der Waals surface area contributed by atoms with Crippen LogP contribution in [-0.2, 0) is 0 Å². The summed E-state index contributed by atoms with van der Waals surface area (Å²) in [6.45, 7) is 5.99. The molecule has 0 aliphatic carbocycles. The zero-order chi connectivity index (χ0) is 13.9. The fraction of sp³-hybridized carbons (Fsp3) is 0.538. The summed E-state index contributed by atoms with van der Waals surface area (Å²) in [7, 11) is 0. The molecule has 0 bridgehead atoms. The molecule has 1 rings (SSSR count). The van der Waals surface area contributed by atoms with Gasteiger partial charge in [0.15, 0.2) is 0 Å². The van der Waals surface area contributed by atoms with Crippen LogP contribution < -0.4 is 10.5 Å². The zero-order valence-electron chi connectivity index (χ0n) is 10.7. The van der Waals surface area contributed by atoms with Crippen molar-refractivity contribution in [3.05, 3.63) is 29.8 Å². The molecular weight excluding hydrogens is 243 g/mol. The maximum absolute atomic E-state index is 12.0. The van der Waals surface area contributed by atoms with Crippen LogP contribution in [0.3, 0.4) is 0 Å². The van der Waals surface area contributed by atoms with Gasteiger partial charge in [-0.3, -0.25) is 0 Å². The number of halogens is 3. The van der Waals surface area contributed by atoms with Gasteiger partial charge in [-0.05, 0) is 29.5 Å². The summed E-state index contributed by atoms with van der Waals surface area (Å²) in [6.07, 6.45) is -4.65. The smallest absolute Gasteiger partial charge is 0.406 e. The predicted octanol–water partition coefficient (Wildman–Crippen LogP) is 3.67. The molecule has 2 atom stereocenters. The van der Waals surface area contributed by atoms with Crippen molar-refractivity contribution in [3.8, 4) is 5.75 Å². The van der Waals surface area contributed by atoms with Crippen LogP contribution in [0.4, 0.5) is 13.2 Å². The van der Waals surface area contributed by atoms with Crippen LogP contribution in [0.15, 0.2) is 24.3 Å². The highest BCUT2D eigenvalue weighted by molar-refractivity contribution is 5.30. The Morgan fingerprint density at radius 1 is 1.06 bits per heavy atom. The molecule has 2 N–H and O–H groups in total. The van der Waals surface area contributed by atoms with Gasteiger partial charge in [0.2, 0.25) is 0 Å². The van der Waals surface area contributed by atoms with Crippen molar-refractivity contribution < 1.29 is 17.9 Å². The molecule has 0 amide bonds. The van der Waals surface area contributed by atoms with Gasteiger partial charge in [0, 0.05) is 6.04 Å². The van der Waals surface area contributed by atoms with Crippen molar-refractivity contribution in [2.75, 3.05) is 0 Å². The number of nitrogens with two attached hydrogens (primary N) is 1. The van der Waals surface area contributed by atoms with E-state index in [-0.39, 0.29) is 17.7 Å². The van der Waals surface area contributed by atoms with E-state index in [1.807, 2.05) is 20.8 Å². The average molecular weight is 261 g/mol. The average Bonchev–Trinajstić information content (AvgIpc) is 2.26. The lowest BCUT2D eigenvalue weighted by atomic mass is 9.87. The van der Waals surface area contributed by atoms with E-state index in [9.17, 15) is 13.2 Å². The number of rotatable bonds is 4. The number of benzene rings is 1. The third-order valence-electron chi connectivity index (χ3n) is 2.99. The quantitative estimate of drug-likeness (QED) is 0.897. The second kappa shape index (κ2) is 5.61. The van der Waals surface area contributed by atoms with Gasteiger partial charge in [0.1, 0.15) is 5.75 Å². The summed E-state index contributed by atoms with van der Waals surface area (Å²) >= 11 is 0. The molecule has 1 aromatic carbocycles. The van der Waals surface area contributed by atoms with Crippen LogP contribution in [0.25, 0.3) is 0 Å². The Hall–Kier alpha value is -1.23. The molecule has 0 spiro atoms. The van der Waals surface area contributed by atoms with E-state index in [0.29, 0.717) is 5.92 Å². The molecule has 0 aromatic heterocycles. The Labute approximate surface area is 105 Å². The standard InChI is InChI=1S/C13H18F3NO/c1-8(2)12(17)9(3)10-4-6-11(7-5-10)18-13(14,15)16/h4-9,12H,17H2,1-3H3. The van der Waals surface area contributed by atoms with Crippen LogP contribution in [0.1, 0.15) is 32.3 Å². The fourth-order valence-corrected chi connectivity index (χ4v) is 1.77. The second-order valence-electron chi connectivity index (χ2n) is 4.73. The minimum absolute atomic E-state index is 0.0283. The number of hydrogen-bond donors (Lipinski definition) is 1. The lowest BCUT2D eigenvalue weighted by Gasteiger charge is -2.23. The summed E-state index contributed by atoms with van der Waals surface area (Å²) in [5.41, 5.74) is 6.93. The Morgan fingerprint density at radius 2 is 1.56 bits per heavy atom. The molecule has 0 saturated heterocycles. The van der Waals surface area contributed by atoms with E-state index in [2.05, 4.69) is 4.74 Å². The second-order valence-corrected chi connectivity index (χ2v) is 4.73. The Balaban J connectivity index is 2.77. The first kappa shape index (κ1) is 14.8. The first-order valence-corrected chi connectivity index (χ1v) is 5.82. The van der Waals surface area contributed by atoms with E-state index in [1.54, 1.807) is 12.1 Å². The summed E-state index contributed by atoms with van der Waals surface area (Å²) in [5.74, 6) is 0.188. The topological polar surface area (TPSA) is 35.2 Å². The third kappa shape index (κ3) is 4.22. The van der Waals surface area contributed by atoms with Crippen molar-refractivity contribution in [1.82, 2.24) is 0 Å². The first-order chi connectivity index (χ1) is 8.20. The van der Waals surface area contributed by atoms with Crippen LogP contribution in [0, 0.1) is 5.92 Å². The van der Waals surface area contributed by atoms with Gasteiger partial charge >= 0.3 is 6.36 Å². The van der Waals surface area contributed by atoms with Gasteiger partial charge < -0.3 is 10.5 Å². The minimum atomic E-state index is -4.65. The molecule has 2 nitrogen and oxygen atoms in total. The monoisotopic (exact) mass is 261 g/mol. The van der Waals surface area contributed by atoms with Gasteiger partial charge in [-0.15, -0.1) is 13.2 Å². The zero-order valence-corrected chi connectivity index (χ0v) is 10.7. The lowest BCUT2D eigenvalue weighted by Crippen LogP contribution is -2.32. The molecular formula is C13H18F3NO. The van der Waals surface area contributed by atoms with Gasteiger partial charge in [-0.2, -0.15) is 0 Å². The molecule has 0 radical (unpaired) electrons. The van der Waals surface area contributed by atoms with Crippen molar-refractivity contribution in [3.63, 3.8) is 0 Å². The van der Waals surface area contributed by atoms with E-state index in [0.717, 1.165) is 5.56 Å². The third-order valence-corrected chi connectivity index (χ3v) is 2.99. The molecule has 1 aromatic rings. The first-order valence-electron chi connectivity index (χ1n) is 5.82. The Morgan fingerprint density at radius 3 is 1.94 bits per heavy atom. The maximum atomic E-state index is 12.0. The molecule has 0 aliphatic rings. The molecule has 0 saturated carbocycles. The largest absolute Gasteiger partial charge is 0.573 e. The maximum Gasteiger partial charge on any atom is 0.573 e. The summed E-state index contributed by atoms with van der Waals surface area (Å²) < 4.78 is 39.8. The molecule has 0 fully saturated rings. The predicted molar refractivity (Wildman–Crippen MR) is 64.4 cm³/mol. The molecule has 2 unspecified atom stereocenters. The summed E-state index contributed by atoms with van der Waals surface area (Å²) in [6, 6.07) is 5.83. The Bertz CT molecular complexity index is 373. The van der Waals surface area contributed by atoms with Gasteiger partial charge in [-0.1, -0.05) is 32.9 Å². The van der Waals surface area contributed by atoms with Crippen molar-refractivity contribution in [1.29, 1.82) is 0 Å². The van der Waals surface area contributed by atoms with Crippen LogP contribution in [0.2, 0.25) is 0 Å². The summed E-state index contributed by atoms with van der Waals surface area (Å²) in [4.78, 5) is 0. The van der Waals surface area contributed by atoms with Crippen LogP contribution >= 0.6 is 0 Å². The molecule has 0 aliphatic heterocycles. The van der Waals surface area contributed by atoms with Crippen molar-refractivity contribution >= 4 is 0 Å². The highest BCUT2D eigenvalue weighted by Crippen LogP contribution is 2.27. The van der Waals surface area contributed by atoms with Crippen LogP contribution in [0.5, 0.6) is 5.75 Å². The number of hydrogen-bond acceptors (Lipinski definition) is 2. The summed E-state index contributed by atoms with van der Waals surface area (Å²) in [5, 5.41) is 0. The van der Waals surface area contributed by atoms with Crippen molar-refractivity contribution in [2.45, 2.75) is 39.1 Å². The van der Waals surface area contributed by atoms with E-state index < -0.39 is 6.36 Å². The van der Waals surface area contributed by atoms with Gasteiger partial charge in [0.05, 0.1) is 0 Å². The minimum Gasteiger partial charge on any atom is -0.406 e. The Kier molecular flexibility index (Phi) is 4.62. The van der Waals surface area contributed by atoms with E-state index in [4.69, 9.17) is 5.73 Å². The highest BCUT2D eigenvalue weighted by Gasteiger charge is 2.31. The SMILES string of the molecule is CC(C)C(N)C(C)c1ccc(OC(F)(F)F)cc1. The van der Waals surface area contributed by atoms with Crippen LogP contribution in [-0.4, -0.2) is 12.4 Å². The molecule has 18 heavy (non-hydrogen) atoms. The van der Waals surface area contributed by atoms with Gasteiger partial charge in [0.25, 0.3) is 0 Å². The van der Waals surface area contributed by atoms with E-state index >= 15 is 0 Å². The lowest BCUT2D eigenvalue weighted by molar-refractivity contribution is -0.274.